The van der Waals surface area contributed by atoms with Crippen molar-refractivity contribution >= 4 is 34.2 Å². The molecule has 2 aromatic carbocycles. The van der Waals surface area contributed by atoms with Crippen LogP contribution in [-0.4, -0.2) is 31.7 Å². The number of pyridine rings is 1. The van der Waals surface area contributed by atoms with Gasteiger partial charge in [-0.15, -0.1) is 0 Å². The first-order valence-electron chi connectivity index (χ1n) is 11.0. The van der Waals surface area contributed by atoms with Gasteiger partial charge in [0.15, 0.2) is 0 Å². The first kappa shape index (κ1) is 20.9. The van der Waals surface area contributed by atoms with Crippen LogP contribution >= 0.6 is 0 Å². The number of hydrogen-bond acceptors (Lipinski definition) is 4. The Morgan fingerprint density at radius 1 is 1.09 bits per heavy atom. The van der Waals surface area contributed by atoms with Gasteiger partial charge in [0.1, 0.15) is 0 Å². The average Bonchev–Trinajstić information content (AvgIpc) is 3.32. The molecule has 7 nitrogen and oxygen atoms in total. The van der Waals surface area contributed by atoms with E-state index < -0.39 is 5.97 Å². The van der Waals surface area contributed by atoms with Crippen molar-refractivity contribution in [2.24, 2.45) is 7.05 Å². The summed E-state index contributed by atoms with van der Waals surface area (Å²) in [7, 11) is 1.89. The number of carboxylic acid groups (broad SMARTS) is 1. The van der Waals surface area contributed by atoms with Gasteiger partial charge in [0.05, 0.1) is 29.5 Å². The normalized spacial score (nSPS) is 15.3. The maximum Gasteiger partial charge on any atom is 0.303 e. The summed E-state index contributed by atoms with van der Waals surface area (Å²) in [5, 5.41) is 14.4. The van der Waals surface area contributed by atoms with Crippen molar-refractivity contribution < 1.29 is 14.7 Å². The predicted molar refractivity (Wildman–Crippen MR) is 126 cm³/mol. The Morgan fingerprint density at radius 3 is 2.64 bits per heavy atom. The maximum absolute atomic E-state index is 13.5. The third kappa shape index (κ3) is 3.55. The predicted octanol–water partition coefficient (Wildman–Crippen LogP) is 4.96. The summed E-state index contributed by atoms with van der Waals surface area (Å²) < 4.78 is 1.80. The molecular weight excluding hydrogens is 416 g/mol. The van der Waals surface area contributed by atoms with Gasteiger partial charge in [-0.2, -0.15) is 5.10 Å². The van der Waals surface area contributed by atoms with Crippen LogP contribution in [-0.2, 0) is 16.6 Å². The van der Waals surface area contributed by atoms with Crippen molar-refractivity contribution in [2.45, 2.75) is 32.1 Å². The second-order valence-corrected chi connectivity index (χ2v) is 8.46. The van der Waals surface area contributed by atoms with E-state index in [0.29, 0.717) is 12.8 Å². The Kier molecular flexibility index (Phi) is 5.17. The number of aryl methyl sites for hydroxylation is 2. The summed E-state index contributed by atoms with van der Waals surface area (Å²) in [6.07, 6.45) is 6.52. The number of carbonyl (C=O) groups excluding carboxylic acids is 1. The number of carbonyl (C=O) groups is 2. The molecule has 7 heteroatoms. The van der Waals surface area contributed by atoms with Crippen molar-refractivity contribution in [1.82, 2.24) is 14.8 Å². The zero-order valence-corrected chi connectivity index (χ0v) is 18.5. The fraction of sp³-hybridized carbons (Fsp3) is 0.231. The molecule has 0 fully saturated rings. The molecule has 33 heavy (non-hydrogen) atoms. The van der Waals surface area contributed by atoms with E-state index in [-0.39, 0.29) is 18.2 Å². The Balaban J connectivity index is 1.50. The lowest BCUT2D eigenvalue weighted by molar-refractivity contribution is -0.137. The number of fused-ring (bicyclic) bond motifs is 2. The Hall–Kier alpha value is -4.00. The maximum atomic E-state index is 13.5. The summed E-state index contributed by atoms with van der Waals surface area (Å²) in [6, 6.07) is 13.9. The van der Waals surface area contributed by atoms with Gasteiger partial charge < -0.3 is 5.11 Å². The number of anilines is 2. The Labute approximate surface area is 191 Å². The summed E-state index contributed by atoms with van der Waals surface area (Å²) in [5.41, 5.74) is 6.65. The standard InChI is InChI=1S/C26H24N4O3/c1-16-5-3-6-19-20(7-4-8-24(31)32)26(33)30(25(16)19)18-11-9-17(10-12-18)21-13-27-15-23-22(21)14-28-29(23)2/h3,5-6,9-15,20H,4,7-8H2,1-2H3,(H,31,32). The van der Waals surface area contributed by atoms with Crippen molar-refractivity contribution in [1.29, 1.82) is 0 Å². The highest BCUT2D eigenvalue weighted by Gasteiger charge is 2.38. The number of aromatic nitrogens is 3. The van der Waals surface area contributed by atoms with Crippen LogP contribution in [0.1, 0.15) is 36.3 Å². The first-order valence-corrected chi connectivity index (χ1v) is 11.0. The van der Waals surface area contributed by atoms with Gasteiger partial charge in [0.2, 0.25) is 5.91 Å². The lowest BCUT2D eigenvalue weighted by Crippen LogP contribution is -2.24. The van der Waals surface area contributed by atoms with Crippen molar-refractivity contribution in [3.8, 4) is 11.1 Å². The van der Waals surface area contributed by atoms with Crippen LogP contribution in [0.15, 0.2) is 61.1 Å². The molecule has 0 radical (unpaired) electrons. The highest BCUT2D eigenvalue weighted by molar-refractivity contribution is 6.11. The lowest BCUT2D eigenvalue weighted by atomic mass is 9.94. The number of amides is 1. The van der Waals surface area contributed by atoms with Crippen LogP contribution in [0.5, 0.6) is 0 Å². The largest absolute Gasteiger partial charge is 0.481 e. The molecule has 1 aliphatic rings. The quantitative estimate of drug-likeness (QED) is 0.458. The molecular formula is C26H24N4O3. The Morgan fingerprint density at radius 2 is 1.88 bits per heavy atom. The zero-order valence-electron chi connectivity index (χ0n) is 18.5. The molecule has 0 saturated carbocycles. The highest BCUT2D eigenvalue weighted by Crippen LogP contribution is 2.46. The highest BCUT2D eigenvalue weighted by atomic mass is 16.4. The second kappa shape index (κ2) is 8.16. The zero-order chi connectivity index (χ0) is 23.1. The Bertz CT molecular complexity index is 1370. The smallest absolute Gasteiger partial charge is 0.303 e. The summed E-state index contributed by atoms with van der Waals surface area (Å²) >= 11 is 0. The van der Waals surface area contributed by atoms with Gasteiger partial charge in [-0.1, -0.05) is 30.3 Å². The average molecular weight is 441 g/mol. The SMILES string of the molecule is Cc1cccc2c1N(c1ccc(-c3cncc4c3cnn4C)cc1)C(=O)C2CCCC(=O)O. The van der Waals surface area contributed by atoms with Crippen molar-refractivity contribution in [2.75, 3.05) is 4.90 Å². The first-order chi connectivity index (χ1) is 16.0. The number of nitrogens with zero attached hydrogens (tertiary/aromatic N) is 4. The summed E-state index contributed by atoms with van der Waals surface area (Å²) in [5.74, 6) is -1.17. The molecule has 1 atom stereocenters. The van der Waals surface area contributed by atoms with Gasteiger partial charge >= 0.3 is 5.97 Å². The van der Waals surface area contributed by atoms with E-state index in [4.69, 9.17) is 5.11 Å². The van der Waals surface area contributed by atoms with Gasteiger partial charge in [-0.3, -0.25) is 24.2 Å². The van der Waals surface area contributed by atoms with E-state index in [9.17, 15) is 9.59 Å². The third-order valence-electron chi connectivity index (χ3n) is 6.38. The van der Waals surface area contributed by atoms with Gasteiger partial charge in [-0.25, -0.2) is 0 Å². The van der Waals surface area contributed by atoms with E-state index in [1.54, 1.807) is 15.8 Å². The number of carboxylic acids is 1. The number of hydrogen-bond donors (Lipinski definition) is 1. The van der Waals surface area contributed by atoms with E-state index in [2.05, 4.69) is 10.1 Å². The molecule has 0 bridgehead atoms. The monoisotopic (exact) mass is 440 g/mol. The summed E-state index contributed by atoms with van der Waals surface area (Å²) in [6.45, 7) is 2.00. The van der Waals surface area contributed by atoms with Crippen LogP contribution in [0, 0.1) is 6.92 Å². The fourth-order valence-electron chi connectivity index (χ4n) is 4.74. The topological polar surface area (TPSA) is 88.3 Å². The van der Waals surface area contributed by atoms with Crippen LogP contribution in [0.3, 0.4) is 0 Å². The van der Waals surface area contributed by atoms with E-state index in [1.165, 1.54) is 0 Å². The van der Waals surface area contributed by atoms with Crippen LogP contribution in [0.4, 0.5) is 11.4 Å². The molecule has 0 spiro atoms. The molecule has 3 heterocycles. The number of para-hydroxylation sites is 1. The van der Waals surface area contributed by atoms with Gasteiger partial charge in [0.25, 0.3) is 0 Å². The molecule has 2 aromatic heterocycles. The molecule has 1 unspecified atom stereocenters. The second-order valence-electron chi connectivity index (χ2n) is 8.46. The molecule has 0 aliphatic carbocycles. The van der Waals surface area contributed by atoms with Crippen molar-refractivity contribution in [3.05, 3.63) is 72.2 Å². The minimum atomic E-state index is -0.838. The van der Waals surface area contributed by atoms with Crippen LogP contribution < -0.4 is 4.90 Å². The molecule has 166 valence electrons. The van der Waals surface area contributed by atoms with Crippen LogP contribution in [0.25, 0.3) is 22.0 Å². The molecule has 4 aromatic rings. The van der Waals surface area contributed by atoms with Crippen LogP contribution in [0.2, 0.25) is 0 Å². The molecule has 1 aliphatic heterocycles. The number of rotatable bonds is 6. The number of aliphatic carboxylic acids is 1. The molecule has 5 rings (SSSR count). The fourth-order valence-corrected chi connectivity index (χ4v) is 4.74. The molecule has 0 saturated heterocycles. The van der Waals surface area contributed by atoms with Crippen molar-refractivity contribution in [3.63, 3.8) is 0 Å². The minimum absolute atomic E-state index is 0.00605. The minimum Gasteiger partial charge on any atom is -0.481 e. The molecule has 1 N–H and O–H groups in total. The van der Waals surface area contributed by atoms with Gasteiger partial charge in [-0.05, 0) is 48.6 Å². The van der Waals surface area contributed by atoms with E-state index in [1.807, 2.05) is 68.8 Å². The van der Waals surface area contributed by atoms with E-state index in [0.717, 1.165) is 44.5 Å². The number of benzene rings is 2. The third-order valence-corrected chi connectivity index (χ3v) is 6.38. The summed E-state index contributed by atoms with van der Waals surface area (Å²) in [4.78, 5) is 30.6. The van der Waals surface area contributed by atoms with E-state index >= 15 is 0 Å². The lowest BCUT2D eigenvalue weighted by Gasteiger charge is -2.20. The molecule has 1 amide bonds. The van der Waals surface area contributed by atoms with Gasteiger partial charge in [0, 0.05) is 36.3 Å².